The number of methoxy groups -OCH3 is 1. The summed E-state index contributed by atoms with van der Waals surface area (Å²) in [6.07, 6.45) is 3.69. The van der Waals surface area contributed by atoms with E-state index < -0.39 is 0 Å². The highest BCUT2D eigenvalue weighted by molar-refractivity contribution is 5.76. The summed E-state index contributed by atoms with van der Waals surface area (Å²) in [6.45, 7) is 1.18. The molecular weight excluding hydrogens is 256 g/mol. The van der Waals surface area contributed by atoms with Gasteiger partial charge in [-0.05, 0) is 37.5 Å². The van der Waals surface area contributed by atoms with E-state index in [1.807, 2.05) is 6.07 Å². The molecule has 0 saturated carbocycles. The lowest BCUT2D eigenvalue weighted by atomic mass is 10.1. The Hall–Kier alpha value is -1.75. The molecule has 0 spiro atoms. The van der Waals surface area contributed by atoms with Gasteiger partial charge in [-0.3, -0.25) is 4.79 Å². The van der Waals surface area contributed by atoms with Crippen LogP contribution in [0.1, 0.15) is 31.2 Å². The molecule has 1 aliphatic heterocycles. The molecule has 1 amide bonds. The summed E-state index contributed by atoms with van der Waals surface area (Å²) in [5, 5.41) is 2.89. The number of ether oxygens (including phenoxy) is 2. The smallest absolute Gasteiger partial charge is 0.222 e. The number of nitrogens with one attached hydrogen (secondary N) is 1. The lowest BCUT2D eigenvalue weighted by molar-refractivity contribution is -0.125. The highest BCUT2D eigenvalue weighted by atomic mass is 16.5. The third kappa shape index (κ3) is 4.13. The van der Waals surface area contributed by atoms with Crippen molar-refractivity contribution in [2.24, 2.45) is 0 Å². The standard InChI is InChI=1S/C15H22N2O3/c1-19-14-6-5-12(16)8-11(14)10-17-15(18)9-13-4-2-3-7-20-13/h5-6,8,13H,2-4,7,9-10,16H2,1H3,(H,17,18). The molecule has 1 heterocycles. The number of rotatable bonds is 5. The van der Waals surface area contributed by atoms with Crippen LogP contribution in [-0.4, -0.2) is 25.7 Å². The molecule has 1 aromatic rings. The first-order chi connectivity index (χ1) is 9.69. The number of anilines is 1. The predicted octanol–water partition coefficient (Wildman–Crippen LogP) is 1.85. The van der Waals surface area contributed by atoms with Crippen molar-refractivity contribution in [3.63, 3.8) is 0 Å². The van der Waals surface area contributed by atoms with Gasteiger partial charge in [0.25, 0.3) is 0 Å². The normalized spacial score (nSPS) is 18.6. The van der Waals surface area contributed by atoms with E-state index in [1.54, 1.807) is 19.2 Å². The molecule has 20 heavy (non-hydrogen) atoms. The zero-order valence-corrected chi connectivity index (χ0v) is 11.9. The molecule has 1 saturated heterocycles. The Kier molecular flexibility index (Phi) is 5.24. The Morgan fingerprint density at radius 3 is 3.05 bits per heavy atom. The molecule has 0 aromatic heterocycles. The van der Waals surface area contributed by atoms with Crippen molar-refractivity contribution in [3.05, 3.63) is 23.8 Å². The van der Waals surface area contributed by atoms with Gasteiger partial charge in [0.05, 0.1) is 19.6 Å². The predicted molar refractivity (Wildman–Crippen MR) is 77.5 cm³/mol. The molecule has 0 bridgehead atoms. The molecule has 0 radical (unpaired) electrons. The fourth-order valence-electron chi connectivity index (χ4n) is 2.38. The first-order valence-corrected chi connectivity index (χ1v) is 6.99. The van der Waals surface area contributed by atoms with Gasteiger partial charge in [0.2, 0.25) is 5.91 Å². The maximum Gasteiger partial charge on any atom is 0.222 e. The molecule has 3 N–H and O–H groups in total. The number of amides is 1. The van der Waals surface area contributed by atoms with Crippen molar-refractivity contribution >= 4 is 11.6 Å². The third-order valence-electron chi connectivity index (χ3n) is 3.47. The van der Waals surface area contributed by atoms with E-state index in [4.69, 9.17) is 15.2 Å². The van der Waals surface area contributed by atoms with E-state index in [2.05, 4.69) is 5.32 Å². The molecule has 5 nitrogen and oxygen atoms in total. The molecule has 1 unspecified atom stereocenters. The summed E-state index contributed by atoms with van der Waals surface area (Å²) in [6, 6.07) is 5.40. The van der Waals surface area contributed by atoms with Gasteiger partial charge in [0, 0.05) is 24.4 Å². The first-order valence-electron chi connectivity index (χ1n) is 6.99. The number of carbonyl (C=O) groups is 1. The summed E-state index contributed by atoms with van der Waals surface area (Å²) in [4.78, 5) is 11.9. The average molecular weight is 278 g/mol. The van der Waals surface area contributed by atoms with Gasteiger partial charge in [-0.1, -0.05) is 0 Å². The summed E-state index contributed by atoms with van der Waals surface area (Å²) in [5.41, 5.74) is 7.29. The van der Waals surface area contributed by atoms with Crippen LogP contribution < -0.4 is 15.8 Å². The van der Waals surface area contributed by atoms with Crippen LogP contribution in [0.15, 0.2) is 18.2 Å². The highest BCUT2D eigenvalue weighted by Gasteiger charge is 2.17. The van der Waals surface area contributed by atoms with Gasteiger partial charge in [-0.15, -0.1) is 0 Å². The van der Waals surface area contributed by atoms with Gasteiger partial charge < -0.3 is 20.5 Å². The van der Waals surface area contributed by atoms with Gasteiger partial charge >= 0.3 is 0 Å². The van der Waals surface area contributed by atoms with Gasteiger partial charge in [-0.2, -0.15) is 0 Å². The summed E-state index contributed by atoms with van der Waals surface area (Å²) >= 11 is 0. The first kappa shape index (κ1) is 14.7. The minimum absolute atomic E-state index is 0.00128. The maximum absolute atomic E-state index is 11.9. The molecule has 110 valence electrons. The lowest BCUT2D eigenvalue weighted by Gasteiger charge is -2.22. The van der Waals surface area contributed by atoms with Crippen molar-refractivity contribution in [2.75, 3.05) is 19.5 Å². The summed E-state index contributed by atoms with van der Waals surface area (Å²) < 4.78 is 10.8. The Morgan fingerprint density at radius 1 is 1.50 bits per heavy atom. The minimum atomic E-state index is 0.00128. The summed E-state index contributed by atoms with van der Waals surface area (Å²) in [7, 11) is 1.60. The molecule has 5 heteroatoms. The molecule has 1 aromatic carbocycles. The van der Waals surface area contributed by atoms with Crippen LogP contribution >= 0.6 is 0 Å². The lowest BCUT2D eigenvalue weighted by Crippen LogP contribution is -2.30. The fraction of sp³-hybridized carbons (Fsp3) is 0.533. The number of nitrogen functional groups attached to an aromatic ring is 1. The van der Waals surface area contributed by atoms with E-state index in [9.17, 15) is 4.79 Å². The zero-order chi connectivity index (χ0) is 14.4. The second-order valence-corrected chi connectivity index (χ2v) is 5.04. The monoisotopic (exact) mass is 278 g/mol. The molecule has 1 atom stereocenters. The van der Waals surface area contributed by atoms with Crippen molar-refractivity contribution < 1.29 is 14.3 Å². The van der Waals surface area contributed by atoms with Crippen molar-refractivity contribution in [1.29, 1.82) is 0 Å². The van der Waals surface area contributed by atoms with E-state index in [0.29, 0.717) is 18.7 Å². The molecule has 1 fully saturated rings. The largest absolute Gasteiger partial charge is 0.496 e. The van der Waals surface area contributed by atoms with Gasteiger partial charge in [-0.25, -0.2) is 0 Å². The van der Waals surface area contributed by atoms with Crippen LogP contribution in [0.25, 0.3) is 0 Å². The topological polar surface area (TPSA) is 73.6 Å². The van der Waals surface area contributed by atoms with Crippen LogP contribution in [0.3, 0.4) is 0 Å². The number of benzene rings is 1. The fourth-order valence-corrected chi connectivity index (χ4v) is 2.38. The quantitative estimate of drug-likeness (QED) is 0.806. The zero-order valence-electron chi connectivity index (χ0n) is 11.9. The van der Waals surface area contributed by atoms with Crippen molar-refractivity contribution in [1.82, 2.24) is 5.32 Å². The SMILES string of the molecule is COc1ccc(N)cc1CNC(=O)CC1CCCCO1. The minimum Gasteiger partial charge on any atom is -0.496 e. The van der Waals surface area contributed by atoms with Gasteiger partial charge in [0.1, 0.15) is 5.75 Å². The van der Waals surface area contributed by atoms with Crippen LogP contribution in [0.4, 0.5) is 5.69 Å². The Labute approximate surface area is 119 Å². The van der Waals surface area contributed by atoms with E-state index in [1.165, 1.54) is 0 Å². The Bertz CT molecular complexity index is 456. The Balaban J connectivity index is 1.84. The summed E-state index contributed by atoms with van der Waals surface area (Å²) in [5.74, 6) is 0.731. The second kappa shape index (κ2) is 7.14. The van der Waals surface area contributed by atoms with Crippen molar-refractivity contribution in [2.45, 2.75) is 38.3 Å². The van der Waals surface area contributed by atoms with E-state index in [-0.39, 0.29) is 12.0 Å². The van der Waals surface area contributed by atoms with Crippen LogP contribution in [0, 0.1) is 0 Å². The van der Waals surface area contributed by atoms with E-state index >= 15 is 0 Å². The number of carbonyl (C=O) groups excluding carboxylic acids is 1. The van der Waals surface area contributed by atoms with Crippen molar-refractivity contribution in [3.8, 4) is 5.75 Å². The van der Waals surface area contributed by atoms with Crippen LogP contribution in [0.2, 0.25) is 0 Å². The second-order valence-electron chi connectivity index (χ2n) is 5.04. The average Bonchev–Trinajstić information content (AvgIpc) is 2.46. The number of nitrogens with two attached hydrogens (primary N) is 1. The number of hydrogen-bond donors (Lipinski definition) is 2. The Morgan fingerprint density at radius 2 is 2.35 bits per heavy atom. The van der Waals surface area contributed by atoms with E-state index in [0.717, 1.165) is 37.2 Å². The van der Waals surface area contributed by atoms with Crippen LogP contribution in [0.5, 0.6) is 5.75 Å². The van der Waals surface area contributed by atoms with Crippen LogP contribution in [-0.2, 0) is 16.1 Å². The maximum atomic E-state index is 11.9. The molecule has 2 rings (SSSR count). The third-order valence-corrected chi connectivity index (χ3v) is 3.47. The molecule has 1 aliphatic rings. The number of hydrogen-bond acceptors (Lipinski definition) is 4. The highest BCUT2D eigenvalue weighted by Crippen LogP contribution is 2.21. The van der Waals surface area contributed by atoms with Gasteiger partial charge in [0.15, 0.2) is 0 Å². The molecular formula is C15H22N2O3. The molecule has 0 aliphatic carbocycles.